The fourth-order valence-corrected chi connectivity index (χ4v) is 4.13. The number of nitrogens with one attached hydrogen (secondary N) is 2. The Morgan fingerprint density at radius 2 is 1.82 bits per heavy atom. The first-order chi connectivity index (χ1) is 13.7. The van der Waals surface area contributed by atoms with Gasteiger partial charge in [0.25, 0.3) is 0 Å². The zero-order valence-corrected chi connectivity index (χ0v) is 15.8. The maximum absolute atomic E-state index is 13.3. The van der Waals surface area contributed by atoms with E-state index in [1.54, 1.807) is 18.3 Å². The van der Waals surface area contributed by atoms with E-state index in [4.69, 9.17) is 4.74 Å². The molecule has 0 atom stereocenters. The van der Waals surface area contributed by atoms with Crippen molar-refractivity contribution in [2.75, 3.05) is 36.5 Å². The minimum atomic E-state index is -0.459. The van der Waals surface area contributed by atoms with Crippen molar-refractivity contribution in [2.45, 2.75) is 31.2 Å². The highest BCUT2D eigenvalue weighted by Gasteiger charge is 2.37. The van der Waals surface area contributed by atoms with Crippen LogP contribution in [0.4, 0.5) is 20.7 Å². The van der Waals surface area contributed by atoms with E-state index >= 15 is 0 Å². The molecule has 1 aliphatic heterocycles. The summed E-state index contributed by atoms with van der Waals surface area (Å²) in [6.07, 6.45) is 5.48. The molecular formula is C21H25FN4O2. The number of hydrogen-bond donors (Lipinski definition) is 2. The maximum atomic E-state index is 13.3. The number of aromatic nitrogens is 1. The Hall–Kier alpha value is -2.67. The monoisotopic (exact) mass is 384 g/mol. The zero-order chi connectivity index (χ0) is 19.4. The highest BCUT2D eigenvalue weighted by molar-refractivity contribution is 5.93. The number of rotatable bonds is 4. The molecule has 1 saturated carbocycles. The van der Waals surface area contributed by atoms with E-state index in [9.17, 15) is 9.18 Å². The van der Waals surface area contributed by atoms with Crippen molar-refractivity contribution >= 4 is 17.5 Å². The number of hydrogen-bond acceptors (Lipinski definition) is 4. The number of urea groups is 1. The molecule has 2 aromatic rings. The molecule has 2 fully saturated rings. The van der Waals surface area contributed by atoms with Crippen molar-refractivity contribution in [2.24, 2.45) is 0 Å². The molecular weight excluding hydrogens is 359 g/mol. The average molecular weight is 384 g/mol. The number of amides is 2. The summed E-state index contributed by atoms with van der Waals surface area (Å²) in [5.41, 5.74) is 1.16. The number of halogens is 1. The molecule has 2 aliphatic rings. The molecule has 0 radical (unpaired) electrons. The van der Waals surface area contributed by atoms with Crippen molar-refractivity contribution in [3.63, 3.8) is 0 Å². The Balaban J connectivity index is 1.51. The van der Waals surface area contributed by atoms with E-state index in [1.807, 2.05) is 12.1 Å². The van der Waals surface area contributed by atoms with E-state index in [0.29, 0.717) is 18.9 Å². The fourth-order valence-electron chi connectivity index (χ4n) is 4.13. The molecule has 1 aliphatic carbocycles. The molecule has 2 heterocycles. The first kappa shape index (κ1) is 18.7. The van der Waals surface area contributed by atoms with Gasteiger partial charge in [-0.2, -0.15) is 0 Å². The standard InChI is InChI=1S/C21H25FN4O2/c22-17-7-5-16(6-8-17)21(9-1-2-10-21)25-20(27)24-18-4-3-11-23-19(18)26-12-14-28-15-13-26/h3-8,11H,1-2,9-10,12-15H2,(H2,24,25,27). The Morgan fingerprint density at radius 1 is 1.11 bits per heavy atom. The SMILES string of the molecule is O=C(Nc1cccnc1N1CCOCC1)NC1(c2ccc(F)cc2)CCCC1. The lowest BCUT2D eigenvalue weighted by atomic mass is 9.88. The number of nitrogens with zero attached hydrogens (tertiary/aromatic N) is 2. The van der Waals surface area contributed by atoms with Gasteiger partial charge in [0.2, 0.25) is 0 Å². The van der Waals surface area contributed by atoms with Gasteiger partial charge < -0.3 is 20.3 Å². The third-order valence-corrected chi connectivity index (χ3v) is 5.55. The summed E-state index contributed by atoms with van der Waals surface area (Å²) in [5.74, 6) is 0.482. The molecule has 4 rings (SSSR count). The van der Waals surface area contributed by atoms with Crippen LogP contribution in [0.2, 0.25) is 0 Å². The van der Waals surface area contributed by atoms with Crippen molar-refractivity contribution in [1.82, 2.24) is 10.3 Å². The second-order valence-corrected chi connectivity index (χ2v) is 7.35. The molecule has 0 spiro atoms. The lowest BCUT2D eigenvalue weighted by Gasteiger charge is -2.32. The van der Waals surface area contributed by atoms with Crippen molar-refractivity contribution in [3.8, 4) is 0 Å². The van der Waals surface area contributed by atoms with Crippen LogP contribution in [-0.4, -0.2) is 37.3 Å². The minimum absolute atomic E-state index is 0.270. The van der Waals surface area contributed by atoms with Crippen molar-refractivity contribution in [1.29, 1.82) is 0 Å². The molecule has 1 aromatic heterocycles. The average Bonchev–Trinajstić information content (AvgIpc) is 3.19. The van der Waals surface area contributed by atoms with Gasteiger partial charge >= 0.3 is 6.03 Å². The summed E-state index contributed by atoms with van der Waals surface area (Å²) in [6, 6.07) is 9.84. The van der Waals surface area contributed by atoms with Crippen LogP contribution in [0.5, 0.6) is 0 Å². The number of pyridine rings is 1. The second kappa shape index (κ2) is 8.14. The second-order valence-electron chi connectivity index (χ2n) is 7.35. The van der Waals surface area contributed by atoms with Gasteiger partial charge in [-0.1, -0.05) is 25.0 Å². The van der Waals surface area contributed by atoms with E-state index in [2.05, 4.69) is 20.5 Å². The predicted molar refractivity (Wildman–Crippen MR) is 106 cm³/mol. The van der Waals surface area contributed by atoms with Crippen LogP contribution in [-0.2, 0) is 10.3 Å². The Labute approximate surface area is 164 Å². The Bertz CT molecular complexity index is 815. The third-order valence-electron chi connectivity index (χ3n) is 5.55. The summed E-state index contributed by atoms with van der Waals surface area (Å²) in [5, 5.41) is 6.13. The zero-order valence-electron chi connectivity index (χ0n) is 15.8. The van der Waals surface area contributed by atoms with Crippen molar-refractivity contribution in [3.05, 3.63) is 54.0 Å². The lowest BCUT2D eigenvalue weighted by Crippen LogP contribution is -2.46. The van der Waals surface area contributed by atoms with Gasteiger partial charge in [-0.3, -0.25) is 0 Å². The summed E-state index contributed by atoms with van der Waals surface area (Å²) in [4.78, 5) is 19.5. The van der Waals surface area contributed by atoms with Gasteiger partial charge in [-0.15, -0.1) is 0 Å². The van der Waals surface area contributed by atoms with Crippen molar-refractivity contribution < 1.29 is 13.9 Å². The molecule has 0 bridgehead atoms. The van der Waals surface area contributed by atoms with Crippen LogP contribution in [0.1, 0.15) is 31.2 Å². The largest absolute Gasteiger partial charge is 0.378 e. The molecule has 6 nitrogen and oxygen atoms in total. The van der Waals surface area contributed by atoms with Gasteiger partial charge in [-0.25, -0.2) is 14.2 Å². The van der Waals surface area contributed by atoms with E-state index in [-0.39, 0.29) is 11.8 Å². The van der Waals surface area contributed by atoms with E-state index < -0.39 is 5.54 Å². The number of carbonyl (C=O) groups is 1. The van der Waals surface area contributed by atoms with Crippen LogP contribution in [0, 0.1) is 5.82 Å². The molecule has 2 N–H and O–H groups in total. The normalized spacial score (nSPS) is 18.7. The summed E-state index contributed by atoms with van der Waals surface area (Å²) >= 11 is 0. The first-order valence-electron chi connectivity index (χ1n) is 9.79. The van der Waals surface area contributed by atoms with E-state index in [1.165, 1.54) is 12.1 Å². The van der Waals surface area contributed by atoms with Gasteiger partial charge in [0, 0.05) is 19.3 Å². The highest BCUT2D eigenvalue weighted by Crippen LogP contribution is 2.39. The van der Waals surface area contributed by atoms with Crippen LogP contribution in [0.15, 0.2) is 42.6 Å². The quantitative estimate of drug-likeness (QED) is 0.845. The van der Waals surface area contributed by atoms with Crippen LogP contribution < -0.4 is 15.5 Å². The van der Waals surface area contributed by atoms with Crippen LogP contribution in [0.25, 0.3) is 0 Å². The third kappa shape index (κ3) is 3.94. The van der Waals surface area contributed by atoms with Crippen LogP contribution in [0.3, 0.4) is 0 Å². The Morgan fingerprint density at radius 3 is 2.54 bits per heavy atom. The van der Waals surface area contributed by atoms with Gasteiger partial charge in [-0.05, 0) is 42.7 Å². The van der Waals surface area contributed by atoms with Gasteiger partial charge in [0.15, 0.2) is 5.82 Å². The summed E-state index contributed by atoms with van der Waals surface area (Å²) < 4.78 is 18.8. The summed E-state index contributed by atoms with van der Waals surface area (Å²) in [7, 11) is 0. The molecule has 1 saturated heterocycles. The number of ether oxygens (including phenoxy) is 1. The van der Waals surface area contributed by atoms with Crippen LogP contribution >= 0.6 is 0 Å². The minimum Gasteiger partial charge on any atom is -0.378 e. The Kier molecular flexibility index (Phi) is 5.43. The molecule has 7 heteroatoms. The van der Waals surface area contributed by atoms with E-state index in [0.717, 1.165) is 50.2 Å². The number of benzene rings is 1. The highest BCUT2D eigenvalue weighted by atomic mass is 19.1. The molecule has 1 aromatic carbocycles. The molecule has 2 amide bonds. The predicted octanol–water partition coefficient (Wildman–Crippen LogP) is 3.65. The summed E-state index contributed by atoms with van der Waals surface area (Å²) in [6.45, 7) is 2.78. The fraction of sp³-hybridized carbons (Fsp3) is 0.429. The molecule has 28 heavy (non-hydrogen) atoms. The lowest BCUT2D eigenvalue weighted by molar-refractivity contribution is 0.122. The molecule has 148 valence electrons. The van der Waals surface area contributed by atoms with Gasteiger partial charge in [0.05, 0.1) is 24.4 Å². The maximum Gasteiger partial charge on any atom is 0.320 e. The first-order valence-corrected chi connectivity index (χ1v) is 9.79. The number of morpholine rings is 1. The smallest absolute Gasteiger partial charge is 0.320 e. The van der Waals surface area contributed by atoms with Gasteiger partial charge in [0.1, 0.15) is 5.82 Å². The number of anilines is 2. The topological polar surface area (TPSA) is 66.5 Å². The number of carbonyl (C=O) groups excluding carboxylic acids is 1. The molecule has 0 unspecified atom stereocenters.